The number of nitrogens with one attached hydrogen (secondary N) is 1. The SMILES string of the molecule is CCOc1ccc(CNC2CCCC23OCCO3)cc1. The molecule has 1 N–H and O–H groups in total. The lowest BCUT2D eigenvalue weighted by atomic mass is 10.1. The second kappa shape index (κ2) is 6.12. The van der Waals surface area contributed by atoms with Gasteiger partial charge in [-0.25, -0.2) is 0 Å². The van der Waals surface area contributed by atoms with Crippen LogP contribution in [0, 0.1) is 0 Å². The van der Waals surface area contributed by atoms with E-state index in [4.69, 9.17) is 14.2 Å². The van der Waals surface area contributed by atoms with Crippen molar-refractivity contribution in [2.45, 2.75) is 44.6 Å². The van der Waals surface area contributed by atoms with Crippen LogP contribution in [0.5, 0.6) is 5.75 Å². The van der Waals surface area contributed by atoms with Crippen LogP contribution in [0.4, 0.5) is 0 Å². The first kappa shape index (κ1) is 13.9. The lowest BCUT2D eigenvalue weighted by Gasteiger charge is -2.30. The Balaban J connectivity index is 1.56. The molecule has 3 rings (SSSR count). The smallest absolute Gasteiger partial charge is 0.183 e. The van der Waals surface area contributed by atoms with Gasteiger partial charge in [-0.1, -0.05) is 12.1 Å². The van der Waals surface area contributed by atoms with Crippen molar-refractivity contribution in [1.82, 2.24) is 5.32 Å². The number of hydrogen-bond acceptors (Lipinski definition) is 4. The summed E-state index contributed by atoms with van der Waals surface area (Å²) >= 11 is 0. The highest BCUT2D eigenvalue weighted by Crippen LogP contribution is 2.37. The van der Waals surface area contributed by atoms with Gasteiger partial charge in [0.2, 0.25) is 0 Å². The third-order valence-corrected chi connectivity index (χ3v) is 4.11. The first-order valence-corrected chi connectivity index (χ1v) is 7.55. The minimum absolute atomic E-state index is 0.302. The van der Waals surface area contributed by atoms with Crippen molar-refractivity contribution in [3.8, 4) is 5.75 Å². The number of rotatable bonds is 5. The molecule has 1 aromatic rings. The van der Waals surface area contributed by atoms with Gasteiger partial charge in [-0.05, 0) is 37.5 Å². The Morgan fingerprint density at radius 3 is 2.70 bits per heavy atom. The van der Waals surface area contributed by atoms with Gasteiger partial charge in [0.25, 0.3) is 0 Å². The van der Waals surface area contributed by atoms with E-state index in [9.17, 15) is 0 Å². The second-order valence-electron chi connectivity index (χ2n) is 5.41. The van der Waals surface area contributed by atoms with E-state index in [2.05, 4.69) is 17.4 Å². The predicted octanol–water partition coefficient (Wildman–Crippen LogP) is 2.47. The summed E-state index contributed by atoms with van der Waals surface area (Å²) in [6, 6.07) is 8.56. The van der Waals surface area contributed by atoms with E-state index in [1.54, 1.807) is 0 Å². The zero-order valence-electron chi connectivity index (χ0n) is 12.1. The molecular formula is C16H23NO3. The highest BCUT2D eigenvalue weighted by atomic mass is 16.7. The zero-order chi connectivity index (χ0) is 13.8. The van der Waals surface area contributed by atoms with Crippen molar-refractivity contribution in [2.24, 2.45) is 0 Å². The van der Waals surface area contributed by atoms with Crippen LogP contribution in [0.15, 0.2) is 24.3 Å². The number of hydrogen-bond donors (Lipinski definition) is 1. The molecule has 2 aliphatic rings. The number of ether oxygens (including phenoxy) is 3. The summed E-state index contributed by atoms with van der Waals surface area (Å²) in [5, 5.41) is 3.59. The molecule has 1 unspecified atom stereocenters. The summed E-state index contributed by atoms with van der Waals surface area (Å²) in [6.07, 6.45) is 3.30. The number of benzene rings is 1. The third-order valence-electron chi connectivity index (χ3n) is 4.11. The molecule has 4 heteroatoms. The summed E-state index contributed by atoms with van der Waals surface area (Å²) in [7, 11) is 0. The molecule has 2 fully saturated rings. The van der Waals surface area contributed by atoms with E-state index in [1.165, 1.54) is 12.0 Å². The Morgan fingerprint density at radius 1 is 1.25 bits per heavy atom. The molecule has 1 aromatic carbocycles. The van der Waals surface area contributed by atoms with Crippen LogP contribution in [0.2, 0.25) is 0 Å². The van der Waals surface area contributed by atoms with Gasteiger partial charge in [0.1, 0.15) is 5.75 Å². The van der Waals surface area contributed by atoms with Crippen molar-refractivity contribution < 1.29 is 14.2 Å². The van der Waals surface area contributed by atoms with Crippen LogP contribution in [-0.2, 0) is 16.0 Å². The molecule has 110 valence electrons. The molecule has 1 atom stereocenters. The van der Waals surface area contributed by atoms with Crippen LogP contribution in [0.3, 0.4) is 0 Å². The topological polar surface area (TPSA) is 39.7 Å². The Morgan fingerprint density at radius 2 is 2.00 bits per heavy atom. The average Bonchev–Trinajstić information content (AvgIpc) is 3.10. The maximum Gasteiger partial charge on any atom is 0.183 e. The van der Waals surface area contributed by atoms with Gasteiger partial charge in [-0.2, -0.15) is 0 Å². The van der Waals surface area contributed by atoms with Crippen molar-refractivity contribution in [3.63, 3.8) is 0 Å². The normalized spacial score (nSPS) is 24.4. The summed E-state index contributed by atoms with van der Waals surface area (Å²) in [4.78, 5) is 0. The highest BCUT2D eigenvalue weighted by Gasteiger charge is 2.47. The molecule has 1 heterocycles. The van der Waals surface area contributed by atoms with E-state index in [0.717, 1.165) is 38.3 Å². The Bertz CT molecular complexity index is 420. The van der Waals surface area contributed by atoms with Crippen LogP contribution in [0.1, 0.15) is 31.7 Å². The van der Waals surface area contributed by atoms with Crippen molar-refractivity contribution in [1.29, 1.82) is 0 Å². The van der Waals surface area contributed by atoms with Crippen LogP contribution >= 0.6 is 0 Å². The first-order valence-electron chi connectivity index (χ1n) is 7.55. The second-order valence-corrected chi connectivity index (χ2v) is 5.41. The van der Waals surface area contributed by atoms with Gasteiger partial charge in [0, 0.05) is 13.0 Å². The van der Waals surface area contributed by atoms with Gasteiger partial charge in [0.05, 0.1) is 25.9 Å². The predicted molar refractivity (Wildman–Crippen MR) is 76.7 cm³/mol. The van der Waals surface area contributed by atoms with E-state index in [-0.39, 0.29) is 5.79 Å². The van der Waals surface area contributed by atoms with Gasteiger partial charge in [0.15, 0.2) is 5.79 Å². The van der Waals surface area contributed by atoms with Crippen LogP contribution in [0.25, 0.3) is 0 Å². The Labute approximate surface area is 120 Å². The van der Waals surface area contributed by atoms with Gasteiger partial charge < -0.3 is 19.5 Å². The molecule has 1 saturated heterocycles. The molecule has 1 spiro atoms. The van der Waals surface area contributed by atoms with E-state index in [0.29, 0.717) is 12.6 Å². The zero-order valence-corrected chi connectivity index (χ0v) is 12.1. The molecule has 0 aromatic heterocycles. The quantitative estimate of drug-likeness (QED) is 0.897. The highest BCUT2D eigenvalue weighted by molar-refractivity contribution is 5.27. The summed E-state index contributed by atoms with van der Waals surface area (Å²) in [5.74, 6) is 0.571. The monoisotopic (exact) mass is 277 g/mol. The van der Waals surface area contributed by atoms with Crippen molar-refractivity contribution in [2.75, 3.05) is 19.8 Å². The molecule has 1 aliphatic carbocycles. The van der Waals surface area contributed by atoms with E-state index in [1.807, 2.05) is 19.1 Å². The molecule has 0 radical (unpaired) electrons. The minimum atomic E-state index is -0.356. The molecular weight excluding hydrogens is 254 g/mol. The van der Waals surface area contributed by atoms with Crippen molar-refractivity contribution in [3.05, 3.63) is 29.8 Å². The Hall–Kier alpha value is -1.10. The summed E-state index contributed by atoms with van der Waals surface area (Å²) in [6.45, 7) is 4.99. The standard InChI is InChI=1S/C16H23NO3/c1-2-18-14-7-5-13(6-8-14)12-17-15-4-3-9-16(15)19-10-11-20-16/h5-8,15,17H,2-4,9-12H2,1H3. The maximum atomic E-state index is 5.85. The summed E-state index contributed by atoms with van der Waals surface area (Å²) < 4.78 is 17.2. The molecule has 1 aliphatic heterocycles. The fraction of sp³-hybridized carbons (Fsp3) is 0.625. The molecule has 0 amide bonds. The van der Waals surface area contributed by atoms with Crippen molar-refractivity contribution >= 4 is 0 Å². The van der Waals surface area contributed by atoms with E-state index < -0.39 is 0 Å². The minimum Gasteiger partial charge on any atom is -0.494 e. The molecule has 0 bridgehead atoms. The molecule has 1 saturated carbocycles. The van der Waals surface area contributed by atoms with Crippen LogP contribution in [-0.4, -0.2) is 31.6 Å². The Kier molecular flexibility index (Phi) is 4.24. The first-order chi connectivity index (χ1) is 9.82. The fourth-order valence-corrected chi connectivity index (χ4v) is 3.13. The molecule has 4 nitrogen and oxygen atoms in total. The van der Waals surface area contributed by atoms with Gasteiger partial charge >= 0.3 is 0 Å². The lowest BCUT2D eigenvalue weighted by molar-refractivity contribution is -0.166. The largest absolute Gasteiger partial charge is 0.494 e. The average molecular weight is 277 g/mol. The fourth-order valence-electron chi connectivity index (χ4n) is 3.13. The molecule has 20 heavy (non-hydrogen) atoms. The van der Waals surface area contributed by atoms with Crippen LogP contribution < -0.4 is 10.1 Å². The summed E-state index contributed by atoms with van der Waals surface area (Å²) in [5.41, 5.74) is 1.26. The van der Waals surface area contributed by atoms with Gasteiger partial charge in [-0.15, -0.1) is 0 Å². The van der Waals surface area contributed by atoms with E-state index >= 15 is 0 Å². The van der Waals surface area contributed by atoms with Gasteiger partial charge in [-0.3, -0.25) is 0 Å². The third kappa shape index (κ3) is 2.82. The lowest BCUT2D eigenvalue weighted by Crippen LogP contribution is -2.47. The maximum absolute atomic E-state index is 5.85.